The Hall–Kier alpha value is -1.08. The summed E-state index contributed by atoms with van der Waals surface area (Å²) >= 11 is 6.70. The van der Waals surface area contributed by atoms with Gasteiger partial charge in [-0.05, 0) is 70.3 Å². The Bertz CT molecular complexity index is 540. The van der Waals surface area contributed by atoms with Crippen LogP contribution in [-0.2, 0) is 9.53 Å². The smallest absolute Gasteiger partial charge is 0.408 e. The minimum Gasteiger partial charge on any atom is -0.481 e. The molecule has 0 aliphatic carbocycles. The van der Waals surface area contributed by atoms with E-state index in [0.717, 1.165) is 8.95 Å². The average molecular weight is 423 g/mol. The Kier molecular flexibility index (Phi) is 6.22. The quantitative estimate of drug-likeness (QED) is 0.760. The van der Waals surface area contributed by atoms with Gasteiger partial charge in [-0.25, -0.2) is 4.79 Å². The molecule has 0 aliphatic heterocycles. The van der Waals surface area contributed by atoms with E-state index in [1.807, 2.05) is 0 Å². The summed E-state index contributed by atoms with van der Waals surface area (Å²) in [5, 5.41) is 11.6. The van der Waals surface area contributed by atoms with Crippen LogP contribution in [0.5, 0.6) is 0 Å². The molecule has 1 atom stereocenters. The van der Waals surface area contributed by atoms with Gasteiger partial charge in [-0.3, -0.25) is 4.79 Å². The molecule has 0 fully saturated rings. The van der Waals surface area contributed by atoms with E-state index in [1.54, 1.807) is 39.0 Å². The maximum atomic E-state index is 11.8. The largest absolute Gasteiger partial charge is 0.481 e. The number of benzene rings is 1. The first-order valence-corrected chi connectivity index (χ1v) is 7.83. The second kappa shape index (κ2) is 7.26. The minimum atomic E-state index is -1.00. The Labute approximate surface area is 140 Å². The van der Waals surface area contributed by atoms with Gasteiger partial charge in [-0.15, -0.1) is 0 Å². The molecule has 1 unspecified atom stereocenters. The first-order chi connectivity index (χ1) is 9.58. The first-order valence-electron chi connectivity index (χ1n) is 6.25. The lowest BCUT2D eigenvalue weighted by atomic mass is 10.0. The van der Waals surface area contributed by atoms with Crippen LogP contribution in [0.1, 0.15) is 38.8 Å². The molecule has 0 saturated carbocycles. The summed E-state index contributed by atoms with van der Waals surface area (Å²) in [6, 6.07) is 4.63. The summed E-state index contributed by atoms with van der Waals surface area (Å²) in [4.78, 5) is 22.8. The number of hydrogen-bond donors (Lipinski definition) is 2. The van der Waals surface area contributed by atoms with Crippen LogP contribution in [0, 0.1) is 0 Å². The predicted molar refractivity (Wildman–Crippen MR) is 86.2 cm³/mol. The third kappa shape index (κ3) is 6.48. The number of hydrogen-bond acceptors (Lipinski definition) is 3. The lowest BCUT2D eigenvalue weighted by molar-refractivity contribution is -0.137. The Balaban J connectivity index is 2.92. The lowest BCUT2D eigenvalue weighted by Gasteiger charge is -2.23. The third-order valence-corrected chi connectivity index (χ3v) is 4.30. The SMILES string of the molecule is CC(C)(C)OC(=O)NC(CC(=O)O)c1ccc(Br)c(Br)c1. The van der Waals surface area contributed by atoms with Crippen LogP contribution < -0.4 is 5.32 Å². The van der Waals surface area contributed by atoms with Gasteiger partial charge >= 0.3 is 12.1 Å². The summed E-state index contributed by atoms with van der Waals surface area (Å²) in [7, 11) is 0. The number of nitrogens with one attached hydrogen (secondary N) is 1. The maximum Gasteiger partial charge on any atom is 0.408 e. The van der Waals surface area contributed by atoms with Crippen molar-refractivity contribution in [2.45, 2.75) is 38.8 Å². The number of halogens is 2. The Morgan fingerprint density at radius 2 is 1.90 bits per heavy atom. The molecule has 1 aromatic rings. The topological polar surface area (TPSA) is 75.6 Å². The fraction of sp³-hybridized carbons (Fsp3) is 0.429. The van der Waals surface area contributed by atoms with Gasteiger partial charge < -0.3 is 15.2 Å². The van der Waals surface area contributed by atoms with Crippen molar-refractivity contribution < 1.29 is 19.4 Å². The monoisotopic (exact) mass is 421 g/mol. The van der Waals surface area contributed by atoms with Crippen LogP contribution in [0.2, 0.25) is 0 Å². The van der Waals surface area contributed by atoms with Crippen LogP contribution in [-0.4, -0.2) is 22.8 Å². The van der Waals surface area contributed by atoms with Gasteiger partial charge in [0.25, 0.3) is 0 Å². The number of ether oxygens (including phenoxy) is 1. The molecule has 0 spiro atoms. The summed E-state index contributed by atoms with van der Waals surface area (Å²) in [6.45, 7) is 5.24. The first kappa shape index (κ1) is 18.0. The van der Waals surface area contributed by atoms with E-state index in [4.69, 9.17) is 9.84 Å². The minimum absolute atomic E-state index is 0.229. The van der Waals surface area contributed by atoms with Crippen molar-refractivity contribution in [1.82, 2.24) is 5.32 Å². The molecule has 1 rings (SSSR count). The van der Waals surface area contributed by atoms with Crippen molar-refractivity contribution in [3.63, 3.8) is 0 Å². The Morgan fingerprint density at radius 3 is 2.38 bits per heavy atom. The number of amides is 1. The highest BCUT2D eigenvalue weighted by Crippen LogP contribution is 2.28. The number of aliphatic carboxylic acids is 1. The second-order valence-electron chi connectivity index (χ2n) is 5.47. The van der Waals surface area contributed by atoms with Gasteiger partial charge in [-0.1, -0.05) is 6.07 Å². The van der Waals surface area contributed by atoms with E-state index in [0.29, 0.717) is 5.56 Å². The zero-order valence-electron chi connectivity index (χ0n) is 11.9. The van der Waals surface area contributed by atoms with Gasteiger partial charge in [0.05, 0.1) is 12.5 Å². The van der Waals surface area contributed by atoms with Crippen molar-refractivity contribution in [3.05, 3.63) is 32.7 Å². The number of alkyl carbamates (subject to hydrolysis) is 1. The van der Waals surface area contributed by atoms with Crippen LogP contribution in [0.25, 0.3) is 0 Å². The van der Waals surface area contributed by atoms with E-state index < -0.39 is 23.7 Å². The van der Waals surface area contributed by atoms with E-state index >= 15 is 0 Å². The molecule has 116 valence electrons. The van der Waals surface area contributed by atoms with Crippen molar-refractivity contribution in [3.8, 4) is 0 Å². The maximum absolute atomic E-state index is 11.8. The number of carbonyl (C=O) groups is 2. The van der Waals surface area contributed by atoms with E-state index in [9.17, 15) is 9.59 Å². The third-order valence-electron chi connectivity index (χ3n) is 2.42. The number of carboxylic acid groups (broad SMARTS) is 1. The van der Waals surface area contributed by atoms with Crippen molar-refractivity contribution in [2.24, 2.45) is 0 Å². The van der Waals surface area contributed by atoms with Crippen LogP contribution in [0.4, 0.5) is 4.79 Å². The molecule has 0 radical (unpaired) electrons. The molecule has 5 nitrogen and oxygen atoms in total. The number of carboxylic acids is 1. The highest BCUT2D eigenvalue weighted by atomic mass is 79.9. The standard InChI is InChI=1S/C14H17Br2NO4/c1-14(2,3)21-13(20)17-11(7-12(18)19)8-4-5-9(15)10(16)6-8/h4-6,11H,7H2,1-3H3,(H,17,20)(H,18,19). The molecule has 0 heterocycles. The molecule has 7 heteroatoms. The van der Waals surface area contributed by atoms with Gasteiger partial charge in [0, 0.05) is 8.95 Å². The molecular weight excluding hydrogens is 406 g/mol. The van der Waals surface area contributed by atoms with E-state index in [-0.39, 0.29) is 6.42 Å². The van der Waals surface area contributed by atoms with Crippen molar-refractivity contribution in [1.29, 1.82) is 0 Å². The summed E-state index contributed by atoms with van der Waals surface area (Å²) in [6.07, 6.45) is -0.874. The van der Waals surface area contributed by atoms with E-state index in [1.165, 1.54) is 0 Å². The predicted octanol–water partition coefficient (Wildman–Crippen LogP) is 4.25. The normalized spacial score (nSPS) is 12.6. The summed E-state index contributed by atoms with van der Waals surface area (Å²) in [5.74, 6) is -1.00. The second-order valence-corrected chi connectivity index (χ2v) is 7.18. The van der Waals surface area contributed by atoms with Crippen LogP contribution >= 0.6 is 31.9 Å². The zero-order valence-corrected chi connectivity index (χ0v) is 15.1. The Morgan fingerprint density at radius 1 is 1.29 bits per heavy atom. The van der Waals surface area contributed by atoms with Gasteiger partial charge in [-0.2, -0.15) is 0 Å². The van der Waals surface area contributed by atoms with Crippen molar-refractivity contribution >= 4 is 43.9 Å². The van der Waals surface area contributed by atoms with Gasteiger partial charge in [0.15, 0.2) is 0 Å². The highest BCUT2D eigenvalue weighted by Gasteiger charge is 2.22. The van der Waals surface area contributed by atoms with Gasteiger partial charge in [0.1, 0.15) is 5.60 Å². The van der Waals surface area contributed by atoms with Gasteiger partial charge in [0.2, 0.25) is 0 Å². The summed E-state index contributed by atoms with van der Waals surface area (Å²) < 4.78 is 6.79. The average Bonchev–Trinajstić information content (AvgIpc) is 2.28. The fourth-order valence-corrected chi connectivity index (χ4v) is 2.25. The lowest BCUT2D eigenvalue weighted by Crippen LogP contribution is -2.35. The van der Waals surface area contributed by atoms with E-state index in [2.05, 4.69) is 37.2 Å². The molecule has 0 aliphatic rings. The fourth-order valence-electron chi connectivity index (χ4n) is 1.61. The molecule has 0 bridgehead atoms. The summed E-state index contributed by atoms with van der Waals surface area (Å²) in [5.41, 5.74) is 0.0383. The number of rotatable bonds is 4. The molecule has 2 N–H and O–H groups in total. The molecule has 21 heavy (non-hydrogen) atoms. The van der Waals surface area contributed by atoms with Crippen molar-refractivity contribution in [2.75, 3.05) is 0 Å². The molecule has 0 saturated heterocycles. The van der Waals surface area contributed by atoms with Crippen LogP contribution in [0.3, 0.4) is 0 Å². The molecular formula is C14H17Br2NO4. The van der Waals surface area contributed by atoms with Crippen LogP contribution in [0.15, 0.2) is 27.1 Å². The molecule has 0 aromatic heterocycles. The highest BCUT2D eigenvalue weighted by molar-refractivity contribution is 9.13. The zero-order chi connectivity index (χ0) is 16.2. The number of carbonyl (C=O) groups excluding carboxylic acids is 1. The molecule has 1 amide bonds. The molecule has 1 aromatic carbocycles.